The highest BCUT2D eigenvalue weighted by Crippen LogP contribution is 2.38. The van der Waals surface area contributed by atoms with E-state index in [4.69, 9.17) is 18.9 Å². The van der Waals surface area contributed by atoms with Crippen molar-refractivity contribution >= 4 is 24.9 Å². The van der Waals surface area contributed by atoms with Crippen molar-refractivity contribution in [3.05, 3.63) is 40.8 Å². The number of aromatic amines is 1. The van der Waals surface area contributed by atoms with Gasteiger partial charge in [0, 0.05) is 6.42 Å². The number of phosphoric ester groups is 1. The molecule has 0 amide bonds. The van der Waals surface area contributed by atoms with Crippen molar-refractivity contribution in [2.45, 2.75) is 31.4 Å². The molecule has 0 bridgehead atoms. The van der Waals surface area contributed by atoms with Gasteiger partial charge >= 0.3 is 7.82 Å². The Morgan fingerprint density at radius 2 is 2.28 bits per heavy atom. The van der Waals surface area contributed by atoms with Crippen LogP contribution in [0, 0.1) is 0 Å². The van der Waals surface area contributed by atoms with E-state index in [0.717, 1.165) is 0 Å². The van der Waals surface area contributed by atoms with Crippen molar-refractivity contribution < 1.29 is 33.1 Å². The first-order valence-electron chi connectivity index (χ1n) is 8.57. The molecular formula is C15H18N5O8P. The summed E-state index contributed by atoms with van der Waals surface area (Å²) in [6.07, 6.45) is 0.261. The number of nitrogens with one attached hydrogen (secondary N) is 2. The van der Waals surface area contributed by atoms with E-state index in [1.165, 1.54) is 17.2 Å². The third-order valence-electron chi connectivity index (χ3n) is 4.36. The SMILES string of the molecule is O=c1[nH]c(NCc2ccco2)nc2c1ncn2[C@H]1C[C@H](O)[C@@H](COP(=O)(O)O)O1. The molecule has 0 saturated carbocycles. The fraction of sp³-hybridized carbons (Fsp3) is 0.400. The monoisotopic (exact) mass is 427 g/mol. The second-order valence-corrected chi connectivity index (χ2v) is 7.63. The van der Waals surface area contributed by atoms with Gasteiger partial charge in [-0.05, 0) is 12.1 Å². The third kappa shape index (κ3) is 4.40. The highest BCUT2D eigenvalue weighted by molar-refractivity contribution is 7.46. The van der Waals surface area contributed by atoms with E-state index in [9.17, 15) is 14.5 Å². The number of furan rings is 1. The fourth-order valence-electron chi connectivity index (χ4n) is 3.01. The average molecular weight is 427 g/mol. The van der Waals surface area contributed by atoms with Crippen LogP contribution in [-0.4, -0.2) is 53.2 Å². The second-order valence-electron chi connectivity index (χ2n) is 6.39. The first-order chi connectivity index (χ1) is 13.8. The number of fused-ring (bicyclic) bond motifs is 1. The molecule has 3 atom stereocenters. The van der Waals surface area contributed by atoms with E-state index in [1.54, 1.807) is 12.1 Å². The van der Waals surface area contributed by atoms with E-state index in [0.29, 0.717) is 12.3 Å². The van der Waals surface area contributed by atoms with Gasteiger partial charge in [0.25, 0.3) is 5.56 Å². The van der Waals surface area contributed by atoms with Crippen molar-refractivity contribution in [2.75, 3.05) is 11.9 Å². The van der Waals surface area contributed by atoms with Crippen LogP contribution in [0.3, 0.4) is 0 Å². The number of H-pyrrole nitrogens is 1. The van der Waals surface area contributed by atoms with Crippen LogP contribution in [-0.2, 0) is 20.4 Å². The maximum absolute atomic E-state index is 12.3. The maximum Gasteiger partial charge on any atom is 0.469 e. The van der Waals surface area contributed by atoms with E-state index in [2.05, 4.69) is 24.8 Å². The van der Waals surface area contributed by atoms with Gasteiger partial charge in [0.2, 0.25) is 5.95 Å². The molecule has 14 heteroatoms. The second kappa shape index (κ2) is 7.71. The van der Waals surface area contributed by atoms with Gasteiger partial charge in [0.15, 0.2) is 11.2 Å². The highest BCUT2D eigenvalue weighted by Gasteiger charge is 2.37. The summed E-state index contributed by atoms with van der Waals surface area (Å²) in [4.78, 5) is 40.9. The van der Waals surface area contributed by atoms with E-state index in [-0.39, 0.29) is 23.5 Å². The number of aromatic nitrogens is 4. The summed E-state index contributed by atoms with van der Waals surface area (Å²) in [7, 11) is -4.69. The van der Waals surface area contributed by atoms with Crippen molar-refractivity contribution in [2.24, 2.45) is 0 Å². The Kier molecular flexibility index (Phi) is 5.25. The van der Waals surface area contributed by atoms with Crippen LogP contribution in [0.1, 0.15) is 18.4 Å². The number of hydrogen-bond acceptors (Lipinski definition) is 9. The van der Waals surface area contributed by atoms with Crippen LogP contribution in [0.15, 0.2) is 33.9 Å². The van der Waals surface area contributed by atoms with Crippen molar-refractivity contribution in [3.63, 3.8) is 0 Å². The van der Waals surface area contributed by atoms with Crippen LogP contribution >= 0.6 is 7.82 Å². The first-order valence-corrected chi connectivity index (χ1v) is 10.1. The Morgan fingerprint density at radius 3 is 3.00 bits per heavy atom. The molecule has 1 aliphatic rings. The molecule has 1 fully saturated rings. The minimum atomic E-state index is -4.69. The first kappa shape index (κ1) is 19.8. The lowest BCUT2D eigenvalue weighted by atomic mass is 10.2. The molecule has 0 radical (unpaired) electrons. The molecule has 0 spiro atoms. The summed E-state index contributed by atoms with van der Waals surface area (Å²) in [5.74, 6) is 0.844. The molecule has 4 heterocycles. The molecule has 0 aliphatic carbocycles. The van der Waals surface area contributed by atoms with E-state index >= 15 is 0 Å². The summed E-state index contributed by atoms with van der Waals surface area (Å²) in [6.45, 7) is -0.186. The predicted molar refractivity (Wildman–Crippen MR) is 96.7 cm³/mol. The molecule has 0 aromatic carbocycles. The zero-order valence-electron chi connectivity index (χ0n) is 14.8. The largest absolute Gasteiger partial charge is 0.469 e. The lowest BCUT2D eigenvalue weighted by Gasteiger charge is -2.16. The van der Waals surface area contributed by atoms with Gasteiger partial charge in [-0.2, -0.15) is 4.98 Å². The summed E-state index contributed by atoms with van der Waals surface area (Å²) >= 11 is 0. The average Bonchev–Trinajstić information content (AvgIpc) is 3.37. The molecule has 4 rings (SSSR count). The number of rotatable bonds is 7. The normalized spacial score (nSPS) is 22.4. The number of ether oxygens (including phenoxy) is 1. The molecule has 3 aromatic heterocycles. The van der Waals surface area contributed by atoms with Crippen molar-refractivity contribution in [1.29, 1.82) is 0 Å². The van der Waals surface area contributed by atoms with E-state index in [1.807, 2.05) is 0 Å². The maximum atomic E-state index is 12.3. The minimum absolute atomic E-state index is 0.0848. The molecule has 13 nitrogen and oxygen atoms in total. The smallest absolute Gasteiger partial charge is 0.467 e. The summed E-state index contributed by atoms with van der Waals surface area (Å²) in [5.41, 5.74) is -0.151. The zero-order valence-corrected chi connectivity index (χ0v) is 15.7. The Bertz CT molecular complexity index is 1090. The fourth-order valence-corrected chi connectivity index (χ4v) is 3.35. The van der Waals surface area contributed by atoms with Crippen LogP contribution in [0.2, 0.25) is 0 Å². The highest BCUT2D eigenvalue weighted by atomic mass is 31.2. The molecule has 0 unspecified atom stereocenters. The van der Waals surface area contributed by atoms with E-state index < -0.39 is 38.4 Å². The number of aliphatic hydroxyl groups excluding tert-OH is 1. The quantitative estimate of drug-likeness (QED) is 0.322. The summed E-state index contributed by atoms with van der Waals surface area (Å²) in [6, 6.07) is 3.50. The van der Waals surface area contributed by atoms with Gasteiger partial charge < -0.3 is 29.4 Å². The molecule has 1 saturated heterocycles. The van der Waals surface area contributed by atoms with Crippen molar-refractivity contribution in [1.82, 2.24) is 19.5 Å². The molecule has 3 aromatic rings. The number of imidazole rings is 1. The number of anilines is 1. The summed E-state index contributed by atoms with van der Waals surface area (Å²) < 4.78 is 27.6. The number of phosphoric acid groups is 1. The van der Waals surface area contributed by atoms with Crippen LogP contribution in [0.25, 0.3) is 11.2 Å². The minimum Gasteiger partial charge on any atom is -0.467 e. The number of nitrogens with zero attached hydrogens (tertiary/aromatic N) is 3. The zero-order chi connectivity index (χ0) is 20.6. The van der Waals surface area contributed by atoms with Gasteiger partial charge in [-0.1, -0.05) is 0 Å². The molecule has 5 N–H and O–H groups in total. The molecular weight excluding hydrogens is 409 g/mol. The third-order valence-corrected chi connectivity index (χ3v) is 4.85. The van der Waals surface area contributed by atoms with Gasteiger partial charge in [-0.3, -0.25) is 18.9 Å². The molecule has 29 heavy (non-hydrogen) atoms. The Morgan fingerprint density at radius 1 is 1.45 bits per heavy atom. The van der Waals surface area contributed by atoms with Gasteiger partial charge in [-0.15, -0.1) is 0 Å². The topological polar surface area (TPSA) is 185 Å². The lowest BCUT2D eigenvalue weighted by Crippen LogP contribution is -2.25. The van der Waals surface area contributed by atoms with Gasteiger partial charge in [0.05, 0.1) is 31.8 Å². The molecule has 1 aliphatic heterocycles. The lowest BCUT2D eigenvalue weighted by molar-refractivity contribution is -0.0424. The van der Waals surface area contributed by atoms with Crippen LogP contribution < -0.4 is 10.9 Å². The Labute approximate surface area is 162 Å². The standard InChI is InChI=1S/C15H18N5O8P/c21-9-4-11(28-10(9)6-27-29(23,24)25)20-7-17-12-13(20)18-15(19-14(12)22)16-5-8-2-1-3-26-8/h1-3,7,9-11,21H,4-6H2,(H2,23,24,25)(H2,16,18,19,22)/t9-,10+,11+/m0/s1. The summed E-state index contributed by atoms with van der Waals surface area (Å²) in [5, 5.41) is 13.1. The predicted octanol–water partition coefficient (Wildman–Crippen LogP) is 0.0824. The van der Waals surface area contributed by atoms with Crippen molar-refractivity contribution in [3.8, 4) is 0 Å². The molecule has 156 valence electrons. The number of hydrogen-bond donors (Lipinski definition) is 5. The van der Waals surface area contributed by atoms with Gasteiger partial charge in [0.1, 0.15) is 18.1 Å². The van der Waals surface area contributed by atoms with Crippen LogP contribution in [0.4, 0.5) is 5.95 Å². The van der Waals surface area contributed by atoms with Gasteiger partial charge in [-0.25, -0.2) is 9.55 Å². The Hall–Kier alpha value is -2.54. The Balaban J connectivity index is 1.54. The number of aliphatic hydroxyl groups is 1. The van der Waals surface area contributed by atoms with Crippen LogP contribution in [0.5, 0.6) is 0 Å².